The number of phenols is 1. The van der Waals surface area contributed by atoms with Gasteiger partial charge in [0.25, 0.3) is 0 Å². The summed E-state index contributed by atoms with van der Waals surface area (Å²) in [6.07, 6.45) is 1.86. The molecular formula is C16H18O2. The zero-order valence-corrected chi connectivity index (χ0v) is 10.8. The molecular weight excluding hydrogens is 224 g/mol. The molecule has 0 aromatic heterocycles. The smallest absolute Gasteiger partial charge is 0.127 e. The summed E-state index contributed by atoms with van der Waals surface area (Å²) in [4.78, 5) is 0. The van der Waals surface area contributed by atoms with Crippen molar-refractivity contribution in [1.29, 1.82) is 0 Å². The minimum absolute atomic E-state index is 0.341. The Morgan fingerprint density at radius 2 is 1.67 bits per heavy atom. The van der Waals surface area contributed by atoms with Crippen LogP contribution in [0.15, 0.2) is 42.5 Å². The Labute approximate surface area is 108 Å². The topological polar surface area (TPSA) is 29.5 Å². The number of hydrogen-bond acceptors (Lipinski definition) is 2. The zero-order valence-electron chi connectivity index (χ0n) is 10.8. The molecule has 2 aromatic carbocycles. The van der Waals surface area contributed by atoms with Crippen LogP contribution in [-0.4, -0.2) is 5.11 Å². The lowest BCUT2D eigenvalue weighted by atomic mass is 10.1. The van der Waals surface area contributed by atoms with Gasteiger partial charge < -0.3 is 9.84 Å². The van der Waals surface area contributed by atoms with Crippen LogP contribution in [0, 0.1) is 6.92 Å². The molecule has 1 N–H and O–H groups in total. The quantitative estimate of drug-likeness (QED) is 0.858. The summed E-state index contributed by atoms with van der Waals surface area (Å²) in [7, 11) is 0. The molecule has 0 saturated carbocycles. The molecule has 0 aliphatic heterocycles. The van der Waals surface area contributed by atoms with E-state index in [4.69, 9.17) is 4.74 Å². The van der Waals surface area contributed by atoms with E-state index < -0.39 is 0 Å². The molecule has 94 valence electrons. The summed E-state index contributed by atoms with van der Waals surface area (Å²) >= 11 is 0. The molecule has 2 nitrogen and oxygen atoms in total. The number of benzene rings is 2. The number of phenolic OH excluding ortho intramolecular Hbond substituents is 1. The Morgan fingerprint density at radius 1 is 1.00 bits per heavy atom. The standard InChI is InChI=1S/C16H18O2/c1-3-4-13-11-15(9-10-16(13)17)18-14-7-5-12(2)6-8-14/h5-11,17H,3-4H2,1-2H3. The first-order valence-electron chi connectivity index (χ1n) is 6.25. The summed E-state index contributed by atoms with van der Waals surface area (Å²) in [5, 5.41) is 9.71. The van der Waals surface area contributed by atoms with Gasteiger partial charge in [-0.1, -0.05) is 31.0 Å². The van der Waals surface area contributed by atoms with Crippen LogP contribution < -0.4 is 4.74 Å². The highest BCUT2D eigenvalue weighted by atomic mass is 16.5. The maximum absolute atomic E-state index is 9.71. The maximum atomic E-state index is 9.71. The second kappa shape index (κ2) is 5.58. The van der Waals surface area contributed by atoms with Crippen LogP contribution in [0.4, 0.5) is 0 Å². The van der Waals surface area contributed by atoms with E-state index in [-0.39, 0.29) is 0 Å². The Kier molecular flexibility index (Phi) is 3.88. The maximum Gasteiger partial charge on any atom is 0.127 e. The predicted octanol–water partition coefficient (Wildman–Crippen LogP) is 4.45. The van der Waals surface area contributed by atoms with Gasteiger partial charge in [-0.05, 0) is 49.2 Å². The molecule has 0 bridgehead atoms. The largest absolute Gasteiger partial charge is 0.508 e. The Balaban J connectivity index is 2.18. The minimum Gasteiger partial charge on any atom is -0.508 e. The number of ether oxygens (including phenoxy) is 1. The molecule has 0 heterocycles. The van der Waals surface area contributed by atoms with Gasteiger partial charge in [0, 0.05) is 0 Å². The van der Waals surface area contributed by atoms with Gasteiger partial charge in [-0.3, -0.25) is 0 Å². The molecule has 2 heteroatoms. The summed E-state index contributed by atoms with van der Waals surface area (Å²) in [6, 6.07) is 13.3. The van der Waals surface area contributed by atoms with Gasteiger partial charge >= 0.3 is 0 Å². The SMILES string of the molecule is CCCc1cc(Oc2ccc(C)cc2)ccc1O. The number of aromatic hydroxyl groups is 1. The van der Waals surface area contributed by atoms with Crippen molar-refractivity contribution in [3.05, 3.63) is 53.6 Å². The molecule has 0 radical (unpaired) electrons. The fourth-order valence-electron chi connectivity index (χ4n) is 1.84. The van der Waals surface area contributed by atoms with E-state index >= 15 is 0 Å². The first kappa shape index (κ1) is 12.5. The van der Waals surface area contributed by atoms with Crippen molar-refractivity contribution >= 4 is 0 Å². The van der Waals surface area contributed by atoms with Gasteiger partial charge in [0.1, 0.15) is 17.2 Å². The highest BCUT2D eigenvalue weighted by Crippen LogP contribution is 2.27. The van der Waals surface area contributed by atoms with Gasteiger partial charge in [-0.15, -0.1) is 0 Å². The van der Waals surface area contributed by atoms with Crippen LogP contribution in [-0.2, 0) is 6.42 Å². The van der Waals surface area contributed by atoms with Crippen molar-refractivity contribution in [1.82, 2.24) is 0 Å². The van der Waals surface area contributed by atoms with Crippen LogP contribution in [0.5, 0.6) is 17.2 Å². The number of rotatable bonds is 4. The third kappa shape index (κ3) is 3.04. The fraction of sp³-hybridized carbons (Fsp3) is 0.250. The lowest BCUT2D eigenvalue weighted by Gasteiger charge is -2.09. The molecule has 0 spiro atoms. The van der Waals surface area contributed by atoms with Crippen LogP contribution in [0.2, 0.25) is 0 Å². The monoisotopic (exact) mass is 242 g/mol. The molecule has 18 heavy (non-hydrogen) atoms. The molecule has 0 unspecified atom stereocenters. The van der Waals surface area contributed by atoms with Crippen LogP contribution in [0.3, 0.4) is 0 Å². The molecule has 0 atom stereocenters. The number of aryl methyl sites for hydroxylation is 2. The average molecular weight is 242 g/mol. The Morgan fingerprint density at radius 3 is 2.33 bits per heavy atom. The van der Waals surface area contributed by atoms with Crippen molar-refractivity contribution < 1.29 is 9.84 Å². The van der Waals surface area contributed by atoms with E-state index in [9.17, 15) is 5.11 Å². The van der Waals surface area contributed by atoms with E-state index in [2.05, 4.69) is 6.92 Å². The molecule has 0 amide bonds. The van der Waals surface area contributed by atoms with Gasteiger partial charge in [0.2, 0.25) is 0 Å². The summed E-state index contributed by atoms with van der Waals surface area (Å²) in [5.74, 6) is 1.92. The van der Waals surface area contributed by atoms with Gasteiger partial charge in [-0.25, -0.2) is 0 Å². The molecule has 0 fully saturated rings. The normalized spacial score (nSPS) is 10.3. The Hall–Kier alpha value is -1.96. The molecule has 0 aliphatic carbocycles. The third-order valence-corrected chi connectivity index (χ3v) is 2.83. The first-order chi connectivity index (χ1) is 8.69. The summed E-state index contributed by atoms with van der Waals surface area (Å²) < 4.78 is 5.76. The van der Waals surface area contributed by atoms with Gasteiger partial charge in [-0.2, -0.15) is 0 Å². The molecule has 2 aromatic rings. The average Bonchev–Trinajstić information content (AvgIpc) is 2.37. The van der Waals surface area contributed by atoms with E-state index in [1.807, 2.05) is 37.3 Å². The highest BCUT2D eigenvalue weighted by Gasteiger charge is 2.03. The van der Waals surface area contributed by atoms with Crippen molar-refractivity contribution in [2.24, 2.45) is 0 Å². The first-order valence-corrected chi connectivity index (χ1v) is 6.25. The summed E-state index contributed by atoms with van der Waals surface area (Å²) in [6.45, 7) is 4.14. The fourth-order valence-corrected chi connectivity index (χ4v) is 1.84. The molecule has 0 saturated heterocycles. The van der Waals surface area contributed by atoms with Crippen LogP contribution >= 0.6 is 0 Å². The molecule has 2 rings (SSSR count). The predicted molar refractivity (Wildman–Crippen MR) is 73.4 cm³/mol. The van der Waals surface area contributed by atoms with Crippen molar-refractivity contribution in [3.8, 4) is 17.2 Å². The third-order valence-electron chi connectivity index (χ3n) is 2.83. The van der Waals surface area contributed by atoms with Gasteiger partial charge in [0.05, 0.1) is 0 Å². The minimum atomic E-state index is 0.341. The van der Waals surface area contributed by atoms with Gasteiger partial charge in [0.15, 0.2) is 0 Å². The lowest BCUT2D eigenvalue weighted by molar-refractivity contribution is 0.457. The van der Waals surface area contributed by atoms with E-state index in [0.29, 0.717) is 5.75 Å². The van der Waals surface area contributed by atoms with E-state index in [1.54, 1.807) is 12.1 Å². The zero-order chi connectivity index (χ0) is 13.0. The van der Waals surface area contributed by atoms with Crippen molar-refractivity contribution in [3.63, 3.8) is 0 Å². The second-order valence-electron chi connectivity index (χ2n) is 4.46. The molecule has 0 aliphatic rings. The second-order valence-corrected chi connectivity index (χ2v) is 4.46. The van der Waals surface area contributed by atoms with E-state index in [0.717, 1.165) is 29.9 Å². The number of hydrogen-bond donors (Lipinski definition) is 1. The van der Waals surface area contributed by atoms with Crippen LogP contribution in [0.25, 0.3) is 0 Å². The lowest BCUT2D eigenvalue weighted by Crippen LogP contribution is -1.88. The highest BCUT2D eigenvalue weighted by molar-refractivity contribution is 5.41. The van der Waals surface area contributed by atoms with E-state index in [1.165, 1.54) is 5.56 Å². The summed E-state index contributed by atoms with van der Waals surface area (Å²) in [5.41, 5.74) is 2.14. The van der Waals surface area contributed by atoms with Crippen LogP contribution in [0.1, 0.15) is 24.5 Å². The Bertz CT molecular complexity index is 515. The van der Waals surface area contributed by atoms with Crippen molar-refractivity contribution in [2.45, 2.75) is 26.7 Å². The van der Waals surface area contributed by atoms with Crippen molar-refractivity contribution in [2.75, 3.05) is 0 Å².